The molecule has 0 heterocycles. The topological polar surface area (TPSA) is 38.7 Å². The fourth-order valence-electron chi connectivity index (χ4n) is 1.45. The highest BCUT2D eigenvalue weighted by Crippen LogP contribution is 2.37. The predicted octanol–water partition coefficient (Wildman–Crippen LogP) is 2.32. The van der Waals surface area contributed by atoms with Crippen molar-refractivity contribution in [2.24, 2.45) is 0 Å². The number of rotatable bonds is 4. The van der Waals surface area contributed by atoms with Gasteiger partial charge in [-0.15, -0.1) is 0 Å². The smallest absolute Gasteiger partial charge is 0.167 e. The molecule has 3 heteroatoms. The van der Waals surface area contributed by atoms with Crippen molar-refractivity contribution in [3.05, 3.63) is 23.8 Å². The highest BCUT2D eigenvalue weighted by atomic mass is 16.5. The van der Waals surface area contributed by atoms with Crippen LogP contribution in [0.3, 0.4) is 0 Å². The van der Waals surface area contributed by atoms with Gasteiger partial charge in [0, 0.05) is 5.56 Å². The lowest BCUT2D eigenvalue weighted by Gasteiger charge is -2.22. The van der Waals surface area contributed by atoms with Crippen LogP contribution >= 0.6 is 0 Å². The number of para-hydroxylation sites is 1. The van der Waals surface area contributed by atoms with E-state index in [0.29, 0.717) is 18.1 Å². The normalized spacial score (nSPS) is 11.3. The van der Waals surface area contributed by atoms with Crippen LogP contribution in [-0.4, -0.2) is 18.8 Å². The van der Waals surface area contributed by atoms with E-state index in [1.807, 2.05) is 25.1 Å². The molecular formula is C12H18O3. The van der Waals surface area contributed by atoms with Crippen LogP contribution in [0.5, 0.6) is 11.5 Å². The molecule has 0 saturated carbocycles. The van der Waals surface area contributed by atoms with Gasteiger partial charge in [0.25, 0.3) is 0 Å². The summed E-state index contributed by atoms with van der Waals surface area (Å²) in [7, 11) is 1.59. The van der Waals surface area contributed by atoms with E-state index in [0.717, 1.165) is 5.56 Å². The molecule has 0 amide bonds. The molecule has 15 heavy (non-hydrogen) atoms. The van der Waals surface area contributed by atoms with Crippen LogP contribution in [0.2, 0.25) is 0 Å². The Morgan fingerprint density at radius 3 is 2.47 bits per heavy atom. The van der Waals surface area contributed by atoms with E-state index >= 15 is 0 Å². The monoisotopic (exact) mass is 210 g/mol. The third kappa shape index (κ3) is 2.63. The van der Waals surface area contributed by atoms with Gasteiger partial charge in [-0.25, -0.2) is 0 Å². The first kappa shape index (κ1) is 11.9. The molecule has 1 rings (SSSR count). The third-order valence-corrected chi connectivity index (χ3v) is 2.15. The zero-order valence-corrected chi connectivity index (χ0v) is 9.70. The Morgan fingerprint density at radius 1 is 1.33 bits per heavy atom. The Balaban J connectivity index is 3.25. The molecule has 84 valence electrons. The minimum atomic E-state index is -0.932. The van der Waals surface area contributed by atoms with E-state index in [1.54, 1.807) is 21.0 Å². The van der Waals surface area contributed by atoms with Crippen molar-refractivity contribution in [1.29, 1.82) is 0 Å². The fourth-order valence-corrected chi connectivity index (χ4v) is 1.45. The molecule has 0 saturated heterocycles. The Hall–Kier alpha value is -1.22. The molecule has 1 aromatic rings. The second kappa shape index (κ2) is 4.53. The van der Waals surface area contributed by atoms with E-state index in [4.69, 9.17) is 9.47 Å². The molecule has 0 unspecified atom stereocenters. The summed E-state index contributed by atoms with van der Waals surface area (Å²) in [4.78, 5) is 0. The van der Waals surface area contributed by atoms with Crippen LogP contribution in [0.1, 0.15) is 26.3 Å². The van der Waals surface area contributed by atoms with Crippen molar-refractivity contribution in [3.63, 3.8) is 0 Å². The molecule has 0 aliphatic heterocycles. The van der Waals surface area contributed by atoms with E-state index in [1.165, 1.54) is 0 Å². The van der Waals surface area contributed by atoms with Crippen LogP contribution in [0.4, 0.5) is 0 Å². The highest BCUT2D eigenvalue weighted by molar-refractivity contribution is 5.48. The quantitative estimate of drug-likeness (QED) is 0.828. The summed E-state index contributed by atoms with van der Waals surface area (Å²) < 4.78 is 10.7. The third-order valence-electron chi connectivity index (χ3n) is 2.15. The zero-order chi connectivity index (χ0) is 11.5. The molecule has 0 aliphatic rings. The first-order valence-electron chi connectivity index (χ1n) is 5.03. The molecule has 0 aromatic heterocycles. The van der Waals surface area contributed by atoms with Crippen molar-refractivity contribution in [1.82, 2.24) is 0 Å². The van der Waals surface area contributed by atoms with Crippen molar-refractivity contribution in [2.45, 2.75) is 26.4 Å². The largest absolute Gasteiger partial charge is 0.493 e. The van der Waals surface area contributed by atoms with Gasteiger partial charge < -0.3 is 14.6 Å². The molecule has 3 nitrogen and oxygen atoms in total. The second-order valence-corrected chi connectivity index (χ2v) is 3.83. The standard InChI is InChI=1S/C12H18O3/c1-5-15-11-9(12(2,3)13)7-6-8-10(11)14-4/h6-8,13H,5H2,1-4H3. The van der Waals surface area contributed by atoms with Gasteiger partial charge in [0.15, 0.2) is 11.5 Å². The van der Waals surface area contributed by atoms with E-state index in [2.05, 4.69) is 0 Å². The van der Waals surface area contributed by atoms with Crippen LogP contribution in [0.25, 0.3) is 0 Å². The SMILES string of the molecule is CCOc1c(OC)cccc1C(C)(C)O. The summed E-state index contributed by atoms with van der Waals surface area (Å²) in [6, 6.07) is 5.50. The van der Waals surface area contributed by atoms with E-state index in [9.17, 15) is 5.11 Å². The molecule has 1 N–H and O–H groups in total. The maximum absolute atomic E-state index is 9.98. The molecule has 0 fully saturated rings. The van der Waals surface area contributed by atoms with Crippen molar-refractivity contribution >= 4 is 0 Å². The zero-order valence-electron chi connectivity index (χ0n) is 9.70. The summed E-state index contributed by atoms with van der Waals surface area (Å²) in [5, 5.41) is 9.98. The van der Waals surface area contributed by atoms with Gasteiger partial charge >= 0.3 is 0 Å². The maximum atomic E-state index is 9.98. The van der Waals surface area contributed by atoms with E-state index < -0.39 is 5.60 Å². The molecule has 0 aliphatic carbocycles. The second-order valence-electron chi connectivity index (χ2n) is 3.83. The van der Waals surface area contributed by atoms with Gasteiger partial charge in [-0.05, 0) is 26.8 Å². The average Bonchev–Trinajstić information content (AvgIpc) is 2.17. The summed E-state index contributed by atoms with van der Waals surface area (Å²) in [6.07, 6.45) is 0. The Bertz CT molecular complexity index is 326. The van der Waals surface area contributed by atoms with Crippen molar-refractivity contribution in [2.75, 3.05) is 13.7 Å². The van der Waals surface area contributed by atoms with Crippen LogP contribution < -0.4 is 9.47 Å². The number of hydrogen-bond donors (Lipinski definition) is 1. The van der Waals surface area contributed by atoms with Gasteiger partial charge in [0.1, 0.15) is 0 Å². The predicted molar refractivity (Wildman–Crippen MR) is 59.4 cm³/mol. The lowest BCUT2D eigenvalue weighted by Crippen LogP contribution is -2.17. The molecule has 0 radical (unpaired) electrons. The summed E-state index contributed by atoms with van der Waals surface area (Å²) >= 11 is 0. The number of aliphatic hydroxyl groups is 1. The van der Waals surface area contributed by atoms with E-state index in [-0.39, 0.29) is 0 Å². The number of benzene rings is 1. The van der Waals surface area contributed by atoms with Gasteiger partial charge in [-0.2, -0.15) is 0 Å². The van der Waals surface area contributed by atoms with Gasteiger partial charge in [0.05, 0.1) is 19.3 Å². The molecular weight excluding hydrogens is 192 g/mol. The molecule has 0 spiro atoms. The number of hydrogen-bond acceptors (Lipinski definition) is 3. The average molecular weight is 210 g/mol. The lowest BCUT2D eigenvalue weighted by atomic mass is 9.97. The molecule has 0 bridgehead atoms. The maximum Gasteiger partial charge on any atom is 0.167 e. The Labute approximate surface area is 90.6 Å². The first-order valence-corrected chi connectivity index (χ1v) is 5.03. The lowest BCUT2D eigenvalue weighted by molar-refractivity contribution is 0.0744. The minimum Gasteiger partial charge on any atom is -0.493 e. The van der Waals surface area contributed by atoms with Gasteiger partial charge in [-0.3, -0.25) is 0 Å². The minimum absolute atomic E-state index is 0.545. The summed E-state index contributed by atoms with van der Waals surface area (Å²) in [6.45, 7) is 5.90. The first-order chi connectivity index (χ1) is 7.00. The highest BCUT2D eigenvalue weighted by Gasteiger charge is 2.23. The van der Waals surface area contributed by atoms with Gasteiger partial charge in [0.2, 0.25) is 0 Å². The summed E-state index contributed by atoms with van der Waals surface area (Å²) in [5.41, 5.74) is -0.192. The van der Waals surface area contributed by atoms with Crippen LogP contribution in [-0.2, 0) is 5.60 Å². The summed E-state index contributed by atoms with van der Waals surface area (Å²) in [5.74, 6) is 1.27. The van der Waals surface area contributed by atoms with Crippen LogP contribution in [0, 0.1) is 0 Å². The molecule has 0 atom stereocenters. The number of methoxy groups -OCH3 is 1. The van der Waals surface area contributed by atoms with Crippen molar-refractivity contribution < 1.29 is 14.6 Å². The Kier molecular flexibility index (Phi) is 3.58. The molecule has 1 aromatic carbocycles. The van der Waals surface area contributed by atoms with Crippen molar-refractivity contribution in [3.8, 4) is 11.5 Å². The fraction of sp³-hybridized carbons (Fsp3) is 0.500. The number of ether oxygens (including phenoxy) is 2. The van der Waals surface area contributed by atoms with Crippen LogP contribution in [0.15, 0.2) is 18.2 Å². The van der Waals surface area contributed by atoms with Gasteiger partial charge in [-0.1, -0.05) is 12.1 Å². The Morgan fingerprint density at radius 2 is 2.00 bits per heavy atom.